The molecule has 0 aromatic heterocycles. The number of ether oxygens (including phenoxy) is 1. The first-order valence-corrected chi connectivity index (χ1v) is 8.98. The van der Waals surface area contributed by atoms with Crippen molar-refractivity contribution in [1.29, 1.82) is 0 Å². The van der Waals surface area contributed by atoms with Crippen LogP contribution in [0.15, 0.2) is 24.3 Å². The fraction of sp³-hybridized carbons (Fsp3) is 0.700. The molecule has 1 nitrogen and oxygen atoms in total. The molecule has 1 heteroatoms. The third-order valence-corrected chi connectivity index (χ3v) is 5.65. The molecule has 0 N–H and O–H groups in total. The van der Waals surface area contributed by atoms with Gasteiger partial charge in [0.1, 0.15) is 0 Å². The Morgan fingerprint density at radius 3 is 2.24 bits per heavy atom. The van der Waals surface area contributed by atoms with Crippen LogP contribution < -0.4 is 0 Å². The fourth-order valence-corrected chi connectivity index (χ4v) is 3.98. The summed E-state index contributed by atoms with van der Waals surface area (Å²) < 4.78 is 5.46. The topological polar surface area (TPSA) is 9.23 Å². The molecule has 116 valence electrons. The lowest BCUT2D eigenvalue weighted by Crippen LogP contribution is -2.14. The second-order valence-corrected chi connectivity index (χ2v) is 7.29. The number of aryl methyl sites for hydroxylation is 1. The highest BCUT2D eigenvalue weighted by Crippen LogP contribution is 2.31. The molecule has 1 aliphatic heterocycles. The quantitative estimate of drug-likeness (QED) is 0.726. The third kappa shape index (κ3) is 4.32. The maximum atomic E-state index is 5.46. The zero-order valence-electron chi connectivity index (χ0n) is 13.5. The maximum Gasteiger partial charge on any atom is 0.0471 e. The van der Waals surface area contributed by atoms with Gasteiger partial charge in [0.15, 0.2) is 0 Å². The van der Waals surface area contributed by atoms with Gasteiger partial charge in [-0.2, -0.15) is 0 Å². The molecule has 1 aromatic rings. The zero-order chi connectivity index (χ0) is 14.5. The molecule has 1 saturated carbocycles. The molecule has 0 atom stereocenters. The predicted molar refractivity (Wildman–Crippen MR) is 88.7 cm³/mol. The summed E-state index contributed by atoms with van der Waals surface area (Å²) in [7, 11) is 0. The third-order valence-electron chi connectivity index (χ3n) is 5.65. The van der Waals surface area contributed by atoms with Crippen molar-refractivity contribution in [3.63, 3.8) is 0 Å². The van der Waals surface area contributed by atoms with Crippen molar-refractivity contribution in [2.24, 2.45) is 11.8 Å². The minimum absolute atomic E-state index is 0.729. The fourth-order valence-electron chi connectivity index (χ4n) is 3.98. The van der Waals surface area contributed by atoms with Crippen LogP contribution in [-0.4, -0.2) is 13.2 Å². The molecule has 2 aliphatic rings. The van der Waals surface area contributed by atoms with Crippen LogP contribution in [0, 0.1) is 11.8 Å². The molecule has 0 amide bonds. The second-order valence-electron chi connectivity index (χ2n) is 7.29. The first kappa shape index (κ1) is 15.1. The van der Waals surface area contributed by atoms with Crippen LogP contribution in [0.25, 0.3) is 0 Å². The standard InChI is InChI=1S/C20H30O/c1-16-2-4-17(5-3-16)6-7-18-8-10-19(11-9-18)20-12-14-21-15-13-20/h8-11,16-17,20H,2-7,12-15H2,1H3. The Balaban J connectivity index is 1.48. The van der Waals surface area contributed by atoms with Gasteiger partial charge in [0.25, 0.3) is 0 Å². The van der Waals surface area contributed by atoms with E-state index in [-0.39, 0.29) is 0 Å². The van der Waals surface area contributed by atoms with Crippen LogP contribution in [0.5, 0.6) is 0 Å². The van der Waals surface area contributed by atoms with E-state index in [0.29, 0.717) is 0 Å². The summed E-state index contributed by atoms with van der Waals surface area (Å²) in [5, 5.41) is 0. The van der Waals surface area contributed by atoms with Gasteiger partial charge in [-0.15, -0.1) is 0 Å². The van der Waals surface area contributed by atoms with E-state index in [2.05, 4.69) is 31.2 Å². The number of benzene rings is 1. The lowest BCUT2D eigenvalue weighted by molar-refractivity contribution is 0.0853. The van der Waals surface area contributed by atoms with Gasteiger partial charge in [-0.3, -0.25) is 0 Å². The molecule has 3 rings (SSSR count). The van der Waals surface area contributed by atoms with Gasteiger partial charge in [0.2, 0.25) is 0 Å². The molecule has 0 spiro atoms. The monoisotopic (exact) mass is 286 g/mol. The minimum Gasteiger partial charge on any atom is -0.381 e. The molecule has 1 saturated heterocycles. The largest absolute Gasteiger partial charge is 0.381 e. The smallest absolute Gasteiger partial charge is 0.0471 e. The van der Waals surface area contributed by atoms with Crippen molar-refractivity contribution in [2.45, 2.75) is 64.2 Å². The SMILES string of the molecule is CC1CCC(CCc2ccc(C3CCOCC3)cc2)CC1. The van der Waals surface area contributed by atoms with Crippen molar-refractivity contribution >= 4 is 0 Å². The van der Waals surface area contributed by atoms with E-state index in [1.165, 1.54) is 62.5 Å². The van der Waals surface area contributed by atoms with E-state index in [9.17, 15) is 0 Å². The molecular weight excluding hydrogens is 256 g/mol. The molecule has 2 fully saturated rings. The van der Waals surface area contributed by atoms with Gasteiger partial charge >= 0.3 is 0 Å². The lowest BCUT2D eigenvalue weighted by atomic mass is 9.80. The van der Waals surface area contributed by atoms with Crippen molar-refractivity contribution < 1.29 is 4.74 Å². The van der Waals surface area contributed by atoms with Crippen molar-refractivity contribution in [1.82, 2.24) is 0 Å². The summed E-state index contributed by atoms with van der Waals surface area (Å²) in [5.41, 5.74) is 3.05. The molecule has 0 bridgehead atoms. The first-order valence-electron chi connectivity index (χ1n) is 8.98. The van der Waals surface area contributed by atoms with Gasteiger partial charge in [0, 0.05) is 13.2 Å². The van der Waals surface area contributed by atoms with E-state index < -0.39 is 0 Å². The number of rotatable bonds is 4. The van der Waals surface area contributed by atoms with Gasteiger partial charge in [-0.05, 0) is 54.6 Å². The van der Waals surface area contributed by atoms with E-state index >= 15 is 0 Å². The van der Waals surface area contributed by atoms with Gasteiger partial charge < -0.3 is 4.74 Å². The molecule has 0 radical (unpaired) electrons. The zero-order valence-corrected chi connectivity index (χ0v) is 13.5. The van der Waals surface area contributed by atoms with Crippen LogP contribution in [0.2, 0.25) is 0 Å². The Hall–Kier alpha value is -0.820. The van der Waals surface area contributed by atoms with Crippen molar-refractivity contribution in [3.05, 3.63) is 35.4 Å². The average molecular weight is 286 g/mol. The van der Waals surface area contributed by atoms with Crippen molar-refractivity contribution in [3.8, 4) is 0 Å². The lowest BCUT2D eigenvalue weighted by Gasteiger charge is -2.26. The summed E-state index contributed by atoms with van der Waals surface area (Å²) in [4.78, 5) is 0. The average Bonchev–Trinajstić information content (AvgIpc) is 2.56. The van der Waals surface area contributed by atoms with E-state index in [1.54, 1.807) is 0 Å². The normalized spacial score (nSPS) is 27.7. The Morgan fingerprint density at radius 1 is 0.905 bits per heavy atom. The van der Waals surface area contributed by atoms with Crippen LogP contribution in [-0.2, 0) is 11.2 Å². The van der Waals surface area contributed by atoms with E-state index in [1.807, 2.05) is 0 Å². The molecular formula is C20H30O. The first-order chi connectivity index (χ1) is 10.3. The molecule has 0 unspecified atom stereocenters. The summed E-state index contributed by atoms with van der Waals surface area (Å²) in [6, 6.07) is 9.48. The van der Waals surface area contributed by atoms with Crippen LogP contribution in [0.4, 0.5) is 0 Å². The van der Waals surface area contributed by atoms with Crippen LogP contribution >= 0.6 is 0 Å². The van der Waals surface area contributed by atoms with Crippen LogP contribution in [0.1, 0.15) is 68.9 Å². The molecule has 1 heterocycles. The van der Waals surface area contributed by atoms with Gasteiger partial charge in [-0.1, -0.05) is 56.9 Å². The Labute approximate surface area is 130 Å². The van der Waals surface area contributed by atoms with Gasteiger partial charge in [-0.25, -0.2) is 0 Å². The molecule has 1 aromatic carbocycles. The summed E-state index contributed by atoms with van der Waals surface area (Å²) in [6.45, 7) is 4.28. The second kappa shape index (κ2) is 7.45. The highest BCUT2D eigenvalue weighted by molar-refractivity contribution is 5.25. The van der Waals surface area contributed by atoms with E-state index in [0.717, 1.165) is 31.0 Å². The summed E-state index contributed by atoms with van der Waals surface area (Å²) in [6.07, 6.45) is 10.9. The Kier molecular flexibility index (Phi) is 5.35. The number of hydrogen-bond acceptors (Lipinski definition) is 1. The van der Waals surface area contributed by atoms with Gasteiger partial charge in [0.05, 0.1) is 0 Å². The minimum atomic E-state index is 0.729. The maximum absolute atomic E-state index is 5.46. The van der Waals surface area contributed by atoms with E-state index in [4.69, 9.17) is 4.74 Å². The highest BCUT2D eigenvalue weighted by Gasteiger charge is 2.18. The highest BCUT2D eigenvalue weighted by atomic mass is 16.5. The van der Waals surface area contributed by atoms with Crippen LogP contribution in [0.3, 0.4) is 0 Å². The molecule has 1 aliphatic carbocycles. The predicted octanol–water partition coefficient (Wildman–Crippen LogP) is 5.34. The number of hydrogen-bond donors (Lipinski definition) is 0. The molecule has 21 heavy (non-hydrogen) atoms. The summed E-state index contributed by atoms with van der Waals surface area (Å²) in [5.74, 6) is 2.68. The Morgan fingerprint density at radius 2 is 1.57 bits per heavy atom. The summed E-state index contributed by atoms with van der Waals surface area (Å²) >= 11 is 0. The van der Waals surface area contributed by atoms with Crippen molar-refractivity contribution in [2.75, 3.05) is 13.2 Å². The Bertz CT molecular complexity index is 408.